The topological polar surface area (TPSA) is 49.7 Å². The maximum atomic E-state index is 8.11. The summed E-state index contributed by atoms with van der Waals surface area (Å²) in [5.41, 5.74) is 0. The minimum absolute atomic E-state index is 0. The average molecular weight is 179 g/mol. The molecule has 0 bridgehead atoms. The number of rotatable bonds is 0. The fourth-order valence-corrected chi connectivity index (χ4v) is 0. The van der Waals surface area contributed by atoms with Crippen molar-refractivity contribution in [2.45, 2.75) is 0 Å². The van der Waals surface area contributed by atoms with Crippen molar-refractivity contribution >= 4 is 29.6 Å². The van der Waals surface area contributed by atoms with Gasteiger partial charge in [-0.3, -0.25) is 0 Å². The minimum atomic E-state index is 0. The van der Waals surface area contributed by atoms with E-state index in [1.165, 1.54) is 5.34 Å². The summed E-state index contributed by atoms with van der Waals surface area (Å²) in [7, 11) is 0. The monoisotopic (exact) mass is 178 g/mol. The van der Waals surface area contributed by atoms with Crippen LogP contribution in [0, 0.1) is 4.91 Å². The summed E-state index contributed by atoms with van der Waals surface area (Å²) in [6.45, 7) is 0. The standard InChI is InChI=1S/Ag.HNO2.Na.H/c;2-1-3;;/h;(H,2,3);;. The van der Waals surface area contributed by atoms with E-state index in [1.54, 1.807) is 0 Å². The van der Waals surface area contributed by atoms with Crippen LogP contribution in [0.3, 0.4) is 0 Å². The van der Waals surface area contributed by atoms with Crippen molar-refractivity contribution in [3.63, 3.8) is 0 Å². The zero-order chi connectivity index (χ0) is 2.71. The number of hydrogen-bond acceptors (Lipinski definition) is 2. The van der Waals surface area contributed by atoms with Crippen LogP contribution in [0.4, 0.5) is 0 Å². The fourth-order valence-electron chi connectivity index (χ4n) is 0. The summed E-state index contributed by atoms with van der Waals surface area (Å²) in [5, 5.41) is 7.89. The van der Waals surface area contributed by atoms with E-state index in [1.807, 2.05) is 0 Å². The molecule has 5 heavy (non-hydrogen) atoms. The molecule has 1 radical (unpaired) electrons. The Kier molecular flexibility index (Phi) is 63.3. The first-order valence-electron chi connectivity index (χ1n) is 0.383. The van der Waals surface area contributed by atoms with Crippen molar-refractivity contribution in [2.24, 2.45) is 5.34 Å². The zero-order valence-electron chi connectivity index (χ0n) is 1.60. The molecule has 0 rings (SSSR count). The summed E-state index contributed by atoms with van der Waals surface area (Å²) < 4.78 is 0. The van der Waals surface area contributed by atoms with Crippen molar-refractivity contribution < 1.29 is 27.6 Å². The molecule has 0 aromatic rings. The number of hydrogen-bond donors (Lipinski definition) is 1. The average Bonchev–Trinajstić information content (AvgIpc) is 0.918. The second-order valence-electron chi connectivity index (χ2n) is 0.0816. The first-order chi connectivity index (χ1) is 1.41. The molecule has 0 aromatic carbocycles. The molecular formula is H2AgNNaO2. The molecule has 0 aromatic heterocycles. The van der Waals surface area contributed by atoms with E-state index in [-0.39, 0.29) is 51.9 Å². The van der Waals surface area contributed by atoms with Gasteiger partial charge in [-0.25, -0.2) is 0 Å². The normalized spacial score (nSPS) is 2.40. The molecule has 3 nitrogen and oxygen atoms in total. The summed E-state index contributed by atoms with van der Waals surface area (Å²) >= 11 is 0. The van der Waals surface area contributed by atoms with Gasteiger partial charge < -0.3 is 5.21 Å². The van der Waals surface area contributed by atoms with Gasteiger partial charge in [0.15, 0.2) is 5.34 Å². The second kappa shape index (κ2) is 19.2. The molecule has 0 saturated heterocycles. The van der Waals surface area contributed by atoms with Gasteiger partial charge in [0.2, 0.25) is 0 Å². The van der Waals surface area contributed by atoms with E-state index in [9.17, 15) is 0 Å². The van der Waals surface area contributed by atoms with Crippen LogP contribution in [-0.4, -0.2) is 34.8 Å². The Hall–Kier alpha value is 1.14. The zero-order valence-corrected chi connectivity index (χ0v) is 3.09. The second-order valence-corrected chi connectivity index (χ2v) is 0.0816. The third kappa shape index (κ3) is 39.0. The van der Waals surface area contributed by atoms with Crippen LogP contribution in [0.15, 0.2) is 5.34 Å². The van der Waals surface area contributed by atoms with Gasteiger partial charge >= 0.3 is 29.6 Å². The molecule has 0 heterocycles. The van der Waals surface area contributed by atoms with Gasteiger partial charge in [-0.15, -0.1) is 4.91 Å². The van der Waals surface area contributed by atoms with E-state index in [0.29, 0.717) is 0 Å². The van der Waals surface area contributed by atoms with Crippen LogP contribution in [0.25, 0.3) is 0 Å². The van der Waals surface area contributed by atoms with Crippen molar-refractivity contribution in [3.8, 4) is 0 Å². The van der Waals surface area contributed by atoms with Gasteiger partial charge in [-0.05, 0) is 0 Å². The van der Waals surface area contributed by atoms with Gasteiger partial charge in [-0.2, -0.15) is 0 Å². The quantitative estimate of drug-likeness (QED) is 0.309. The van der Waals surface area contributed by atoms with Crippen LogP contribution in [0.1, 0.15) is 0 Å². The summed E-state index contributed by atoms with van der Waals surface area (Å²) in [5.74, 6) is 0. The van der Waals surface area contributed by atoms with Gasteiger partial charge in [0.05, 0.1) is 0 Å². The molecule has 0 fully saturated rings. The Bertz CT molecular complexity index is 17.1. The summed E-state index contributed by atoms with van der Waals surface area (Å²) in [4.78, 5) is 8.11. The van der Waals surface area contributed by atoms with Gasteiger partial charge in [0.1, 0.15) is 0 Å². The van der Waals surface area contributed by atoms with Gasteiger partial charge in [0, 0.05) is 22.4 Å². The van der Waals surface area contributed by atoms with E-state index in [4.69, 9.17) is 10.1 Å². The van der Waals surface area contributed by atoms with Crippen LogP contribution < -0.4 is 0 Å². The van der Waals surface area contributed by atoms with E-state index in [0.717, 1.165) is 0 Å². The first-order valence-corrected chi connectivity index (χ1v) is 0.383. The molecule has 0 amide bonds. The van der Waals surface area contributed by atoms with Crippen molar-refractivity contribution in [2.75, 3.05) is 0 Å². The van der Waals surface area contributed by atoms with Crippen LogP contribution in [0.5, 0.6) is 0 Å². The Morgan fingerprint density at radius 1 is 1.60 bits per heavy atom. The third-order valence-electron chi connectivity index (χ3n) is 0. The molecule has 0 aliphatic heterocycles. The third-order valence-corrected chi connectivity index (χ3v) is 0. The van der Waals surface area contributed by atoms with Crippen LogP contribution in [-0.2, 0) is 22.4 Å². The van der Waals surface area contributed by atoms with E-state index in [2.05, 4.69) is 0 Å². The SMILES string of the molecule is O=NO.[Ag].[NaH]. The molecule has 5 heteroatoms. The molecule has 0 saturated carbocycles. The molecular weight excluding hydrogens is 177 g/mol. The Balaban J connectivity index is -0.0000000200. The van der Waals surface area contributed by atoms with E-state index >= 15 is 0 Å². The Morgan fingerprint density at radius 2 is 1.60 bits per heavy atom. The van der Waals surface area contributed by atoms with Crippen LogP contribution in [0.2, 0.25) is 0 Å². The molecule has 1 N–H and O–H groups in total. The predicted molar refractivity (Wildman–Crippen MR) is 14.7 cm³/mol. The fraction of sp³-hybridized carbons (Fsp3) is 0. The van der Waals surface area contributed by atoms with Crippen molar-refractivity contribution in [3.05, 3.63) is 4.91 Å². The molecule has 31 valence electrons. The first kappa shape index (κ1) is 16.5. The maximum absolute atomic E-state index is 8.11. The molecule has 0 atom stereocenters. The summed E-state index contributed by atoms with van der Waals surface area (Å²) in [6.07, 6.45) is 0. The van der Waals surface area contributed by atoms with Crippen molar-refractivity contribution in [1.82, 2.24) is 0 Å². The Labute approximate surface area is 66.9 Å². The van der Waals surface area contributed by atoms with E-state index < -0.39 is 0 Å². The predicted octanol–water partition coefficient (Wildman–Crippen LogP) is -0.509. The van der Waals surface area contributed by atoms with Crippen molar-refractivity contribution in [1.29, 1.82) is 0 Å². The van der Waals surface area contributed by atoms with Gasteiger partial charge in [0.25, 0.3) is 0 Å². The Morgan fingerprint density at radius 3 is 1.60 bits per heavy atom. The molecule has 0 spiro atoms. The molecule has 0 aliphatic carbocycles. The van der Waals surface area contributed by atoms with Gasteiger partial charge in [-0.1, -0.05) is 0 Å². The molecule has 0 unspecified atom stereocenters. The summed E-state index contributed by atoms with van der Waals surface area (Å²) in [6, 6.07) is 0. The molecule has 0 aliphatic rings. The van der Waals surface area contributed by atoms with Crippen LogP contribution >= 0.6 is 0 Å². The number of nitrogens with zero attached hydrogens (tertiary/aromatic N) is 1.